The topological polar surface area (TPSA) is 62.2 Å². The Morgan fingerprint density at radius 2 is 1.90 bits per heavy atom. The molecule has 0 bridgehead atoms. The molecule has 2 N–H and O–H groups in total. The second-order valence-corrected chi connectivity index (χ2v) is 4.82. The van der Waals surface area contributed by atoms with E-state index in [9.17, 15) is 9.90 Å². The standard InChI is InChI=1S/C17H14N2O2/c1-11-15(9-12-5-2-3-8-16(12)18-11)17(21)19-13-6-4-7-14(20)10-13/h2-10,20H,1H3,(H,19,21). The molecule has 104 valence electrons. The Bertz CT molecular complexity index is 828. The van der Waals surface area contributed by atoms with Crippen LogP contribution in [0.15, 0.2) is 54.6 Å². The van der Waals surface area contributed by atoms with Gasteiger partial charge in [0.05, 0.1) is 16.8 Å². The summed E-state index contributed by atoms with van der Waals surface area (Å²) in [4.78, 5) is 16.8. The van der Waals surface area contributed by atoms with E-state index in [1.165, 1.54) is 6.07 Å². The van der Waals surface area contributed by atoms with Gasteiger partial charge < -0.3 is 10.4 Å². The minimum absolute atomic E-state index is 0.112. The van der Waals surface area contributed by atoms with Gasteiger partial charge in [-0.2, -0.15) is 0 Å². The van der Waals surface area contributed by atoms with Gasteiger partial charge in [-0.3, -0.25) is 9.78 Å². The molecule has 1 heterocycles. The number of hydrogen-bond donors (Lipinski definition) is 2. The summed E-state index contributed by atoms with van der Waals surface area (Å²) in [7, 11) is 0. The van der Waals surface area contributed by atoms with Crippen molar-refractivity contribution < 1.29 is 9.90 Å². The molecule has 4 heteroatoms. The van der Waals surface area contributed by atoms with E-state index in [4.69, 9.17) is 0 Å². The lowest BCUT2D eigenvalue weighted by molar-refractivity contribution is 0.102. The Balaban J connectivity index is 1.96. The number of anilines is 1. The van der Waals surface area contributed by atoms with Gasteiger partial charge in [-0.15, -0.1) is 0 Å². The largest absolute Gasteiger partial charge is 0.508 e. The molecule has 0 aliphatic heterocycles. The van der Waals surface area contributed by atoms with E-state index >= 15 is 0 Å². The molecule has 0 saturated carbocycles. The molecule has 0 aliphatic carbocycles. The monoisotopic (exact) mass is 278 g/mol. The van der Waals surface area contributed by atoms with Crippen molar-refractivity contribution in [1.82, 2.24) is 4.98 Å². The average molecular weight is 278 g/mol. The molecule has 3 aromatic rings. The summed E-state index contributed by atoms with van der Waals surface area (Å²) >= 11 is 0. The molecule has 0 unspecified atom stereocenters. The third-order valence-corrected chi connectivity index (χ3v) is 3.26. The van der Waals surface area contributed by atoms with Crippen molar-refractivity contribution in [3.63, 3.8) is 0 Å². The number of pyridine rings is 1. The molecular formula is C17H14N2O2. The number of carbonyl (C=O) groups is 1. The molecule has 0 aliphatic rings. The van der Waals surface area contributed by atoms with Crippen molar-refractivity contribution in [3.05, 3.63) is 65.9 Å². The number of hydrogen-bond acceptors (Lipinski definition) is 3. The Morgan fingerprint density at radius 3 is 2.71 bits per heavy atom. The minimum atomic E-state index is -0.239. The van der Waals surface area contributed by atoms with Crippen LogP contribution in [0.2, 0.25) is 0 Å². The van der Waals surface area contributed by atoms with Crippen LogP contribution in [0.5, 0.6) is 5.75 Å². The van der Waals surface area contributed by atoms with Crippen molar-refractivity contribution in [1.29, 1.82) is 0 Å². The number of nitrogens with one attached hydrogen (secondary N) is 1. The summed E-state index contributed by atoms with van der Waals surface area (Å²) in [5.41, 5.74) is 2.61. The number of phenols is 1. The maximum atomic E-state index is 12.4. The van der Waals surface area contributed by atoms with Gasteiger partial charge in [0.2, 0.25) is 0 Å². The number of rotatable bonds is 2. The molecule has 2 aromatic carbocycles. The SMILES string of the molecule is Cc1nc2ccccc2cc1C(=O)Nc1cccc(O)c1. The highest BCUT2D eigenvalue weighted by molar-refractivity contribution is 6.06. The first-order chi connectivity index (χ1) is 10.1. The Hall–Kier alpha value is -2.88. The maximum absolute atomic E-state index is 12.4. The molecule has 0 fully saturated rings. The predicted molar refractivity (Wildman–Crippen MR) is 82.5 cm³/mol. The predicted octanol–water partition coefficient (Wildman–Crippen LogP) is 3.50. The fraction of sp³-hybridized carbons (Fsp3) is 0.0588. The lowest BCUT2D eigenvalue weighted by Crippen LogP contribution is -2.14. The summed E-state index contributed by atoms with van der Waals surface area (Å²) in [6, 6.07) is 16.0. The number of para-hydroxylation sites is 1. The highest BCUT2D eigenvalue weighted by Crippen LogP contribution is 2.19. The fourth-order valence-corrected chi connectivity index (χ4v) is 2.22. The lowest BCUT2D eigenvalue weighted by Gasteiger charge is -2.09. The van der Waals surface area contributed by atoms with Crippen LogP contribution in [0.4, 0.5) is 5.69 Å². The summed E-state index contributed by atoms with van der Waals surface area (Å²) in [6.07, 6.45) is 0. The number of amides is 1. The van der Waals surface area contributed by atoms with Gasteiger partial charge in [0.25, 0.3) is 5.91 Å². The van der Waals surface area contributed by atoms with Crippen LogP contribution in [0.1, 0.15) is 16.1 Å². The first-order valence-corrected chi connectivity index (χ1v) is 6.60. The van der Waals surface area contributed by atoms with Gasteiger partial charge in [0.15, 0.2) is 0 Å². The normalized spacial score (nSPS) is 10.5. The molecular weight excluding hydrogens is 264 g/mol. The van der Waals surface area contributed by atoms with Gasteiger partial charge in [-0.25, -0.2) is 0 Å². The van der Waals surface area contributed by atoms with Crippen LogP contribution in [0, 0.1) is 6.92 Å². The highest BCUT2D eigenvalue weighted by atomic mass is 16.3. The minimum Gasteiger partial charge on any atom is -0.508 e. The first-order valence-electron chi connectivity index (χ1n) is 6.60. The van der Waals surface area contributed by atoms with Crippen LogP contribution in [0.25, 0.3) is 10.9 Å². The molecule has 4 nitrogen and oxygen atoms in total. The maximum Gasteiger partial charge on any atom is 0.257 e. The molecule has 0 radical (unpaired) electrons. The van der Waals surface area contributed by atoms with Crippen LogP contribution < -0.4 is 5.32 Å². The molecule has 1 aromatic heterocycles. The summed E-state index contributed by atoms with van der Waals surface area (Å²) in [5.74, 6) is -0.127. The number of fused-ring (bicyclic) bond motifs is 1. The Morgan fingerprint density at radius 1 is 1.10 bits per heavy atom. The number of phenolic OH excluding ortho intramolecular Hbond substituents is 1. The molecule has 0 spiro atoms. The number of nitrogens with zero attached hydrogens (tertiary/aromatic N) is 1. The first kappa shape index (κ1) is 13.1. The second-order valence-electron chi connectivity index (χ2n) is 4.82. The highest BCUT2D eigenvalue weighted by Gasteiger charge is 2.12. The zero-order valence-corrected chi connectivity index (χ0v) is 11.5. The number of carbonyl (C=O) groups excluding carboxylic acids is 1. The van der Waals surface area contributed by atoms with E-state index in [1.807, 2.05) is 37.3 Å². The number of aryl methyl sites for hydroxylation is 1. The van der Waals surface area contributed by atoms with Gasteiger partial charge in [-0.05, 0) is 31.2 Å². The zero-order valence-electron chi connectivity index (χ0n) is 11.5. The Labute approximate surface area is 122 Å². The van der Waals surface area contributed by atoms with E-state index in [2.05, 4.69) is 10.3 Å². The van der Waals surface area contributed by atoms with Crippen molar-refractivity contribution in [2.45, 2.75) is 6.92 Å². The summed E-state index contributed by atoms with van der Waals surface area (Å²) < 4.78 is 0. The number of aromatic hydroxyl groups is 1. The molecule has 0 atom stereocenters. The molecule has 0 saturated heterocycles. The van der Waals surface area contributed by atoms with Crippen molar-refractivity contribution in [2.75, 3.05) is 5.32 Å². The fourth-order valence-electron chi connectivity index (χ4n) is 2.22. The zero-order chi connectivity index (χ0) is 14.8. The van der Waals surface area contributed by atoms with Gasteiger partial charge in [0, 0.05) is 17.1 Å². The summed E-state index contributed by atoms with van der Waals surface area (Å²) in [6.45, 7) is 1.81. The second kappa shape index (κ2) is 5.25. The van der Waals surface area contributed by atoms with E-state index in [1.54, 1.807) is 18.2 Å². The summed E-state index contributed by atoms with van der Waals surface area (Å²) in [5, 5.41) is 13.1. The molecule has 21 heavy (non-hydrogen) atoms. The quantitative estimate of drug-likeness (QED) is 0.754. The smallest absolute Gasteiger partial charge is 0.257 e. The van der Waals surface area contributed by atoms with E-state index in [-0.39, 0.29) is 11.7 Å². The Kier molecular flexibility index (Phi) is 3.28. The average Bonchev–Trinajstić information content (AvgIpc) is 2.46. The third-order valence-electron chi connectivity index (χ3n) is 3.26. The molecule has 3 rings (SSSR count). The van der Waals surface area contributed by atoms with E-state index < -0.39 is 0 Å². The third kappa shape index (κ3) is 2.69. The van der Waals surface area contributed by atoms with Crippen molar-refractivity contribution in [3.8, 4) is 5.75 Å². The number of aromatic nitrogens is 1. The van der Waals surface area contributed by atoms with Gasteiger partial charge in [-0.1, -0.05) is 24.3 Å². The molecule has 1 amide bonds. The van der Waals surface area contributed by atoms with Crippen LogP contribution in [-0.2, 0) is 0 Å². The van der Waals surface area contributed by atoms with Crippen LogP contribution in [-0.4, -0.2) is 16.0 Å². The lowest BCUT2D eigenvalue weighted by atomic mass is 10.1. The van der Waals surface area contributed by atoms with Crippen LogP contribution >= 0.6 is 0 Å². The van der Waals surface area contributed by atoms with Crippen molar-refractivity contribution in [2.24, 2.45) is 0 Å². The van der Waals surface area contributed by atoms with Gasteiger partial charge >= 0.3 is 0 Å². The van der Waals surface area contributed by atoms with Gasteiger partial charge in [0.1, 0.15) is 5.75 Å². The van der Waals surface area contributed by atoms with E-state index in [0.717, 1.165) is 10.9 Å². The van der Waals surface area contributed by atoms with E-state index in [0.29, 0.717) is 16.9 Å². The van der Waals surface area contributed by atoms with Crippen LogP contribution in [0.3, 0.4) is 0 Å². The number of benzene rings is 2. The van der Waals surface area contributed by atoms with Crippen molar-refractivity contribution >= 4 is 22.5 Å².